The molecular formula is C39H59N7O2S3. The third-order valence-electron chi connectivity index (χ3n) is 14.2. The average molecular weight is 754 g/mol. The van der Waals surface area contributed by atoms with Crippen molar-refractivity contribution >= 4 is 52.2 Å². The molecule has 0 radical (unpaired) electrons. The summed E-state index contributed by atoms with van der Waals surface area (Å²) in [6.45, 7) is 7.23. The van der Waals surface area contributed by atoms with Crippen molar-refractivity contribution in [1.29, 1.82) is 0 Å². The number of nitrogens with one attached hydrogen (secondary N) is 1. The van der Waals surface area contributed by atoms with Gasteiger partial charge in [-0.05, 0) is 149 Å². The van der Waals surface area contributed by atoms with E-state index in [0.29, 0.717) is 65.2 Å². The van der Waals surface area contributed by atoms with Gasteiger partial charge in [-0.1, -0.05) is 42.1 Å². The Morgan fingerprint density at radius 1 is 0.784 bits per heavy atom. The number of amides is 1. The van der Waals surface area contributed by atoms with Gasteiger partial charge in [-0.2, -0.15) is 13.2 Å². The smallest absolute Gasteiger partial charge is 0.217 e. The summed E-state index contributed by atoms with van der Waals surface area (Å²) in [6, 6.07) is 9.90. The largest absolute Gasteiger partial charge is 0.396 e. The second-order valence-electron chi connectivity index (χ2n) is 17.1. The highest BCUT2D eigenvalue weighted by atomic mass is 32.2. The maximum absolute atomic E-state index is 11.9. The average Bonchev–Trinajstić information content (AvgIpc) is 3.89. The van der Waals surface area contributed by atoms with Gasteiger partial charge >= 0.3 is 0 Å². The number of fused-ring (bicyclic) bond motifs is 3. The number of aliphatic hydroxyl groups excluding tert-OH is 1. The Morgan fingerprint density at radius 3 is 2.02 bits per heavy atom. The zero-order valence-electron chi connectivity index (χ0n) is 30.2. The molecule has 7 fully saturated rings. The van der Waals surface area contributed by atoms with Gasteiger partial charge in [0.05, 0.1) is 5.52 Å². The van der Waals surface area contributed by atoms with E-state index < -0.39 is 0 Å². The Hall–Kier alpha value is -0.960. The Labute approximate surface area is 317 Å². The van der Waals surface area contributed by atoms with E-state index >= 15 is 0 Å². The van der Waals surface area contributed by atoms with Crippen molar-refractivity contribution in [2.75, 3.05) is 45.9 Å². The third-order valence-corrected chi connectivity index (χ3v) is 18.6. The third kappa shape index (κ3) is 7.17. The van der Waals surface area contributed by atoms with Gasteiger partial charge in [-0.3, -0.25) is 4.79 Å². The molecule has 2 aliphatic carbocycles. The van der Waals surface area contributed by atoms with Gasteiger partial charge in [0.15, 0.2) is 0 Å². The van der Waals surface area contributed by atoms with Gasteiger partial charge in [0.2, 0.25) is 5.91 Å². The van der Waals surface area contributed by atoms with Gasteiger partial charge < -0.3 is 16.2 Å². The molecule has 9 nitrogen and oxygen atoms in total. The summed E-state index contributed by atoms with van der Waals surface area (Å²) in [7, 11) is 0. The molecule has 7 aliphatic rings. The Kier molecular flexibility index (Phi) is 11.0. The topological polar surface area (TPSA) is 101 Å². The number of nitrogens with two attached hydrogens (primary N) is 1. The van der Waals surface area contributed by atoms with E-state index in [-0.39, 0.29) is 5.91 Å². The quantitative estimate of drug-likeness (QED) is 0.274. The molecule has 5 aliphatic heterocycles. The lowest BCUT2D eigenvalue weighted by Crippen LogP contribution is -2.50. The molecule has 1 aromatic carbocycles. The molecule has 280 valence electrons. The minimum Gasteiger partial charge on any atom is -0.396 e. The van der Waals surface area contributed by atoms with Crippen LogP contribution in [0.25, 0.3) is 10.9 Å². The highest BCUT2D eigenvalue weighted by Crippen LogP contribution is 2.55. The predicted molar refractivity (Wildman–Crippen MR) is 210 cm³/mol. The molecule has 9 rings (SSSR count). The molecule has 5 saturated heterocycles. The number of hydrogen-bond donors (Lipinski definition) is 3. The Morgan fingerprint density at radius 2 is 1.37 bits per heavy atom. The Balaban J connectivity index is 0.856. The lowest BCUT2D eigenvalue weighted by molar-refractivity contribution is -0.119. The summed E-state index contributed by atoms with van der Waals surface area (Å²) in [6.07, 6.45) is 15.2. The van der Waals surface area contributed by atoms with Gasteiger partial charge in [-0.25, -0.2) is 10.0 Å². The molecule has 2 aromatic rings. The molecule has 0 bridgehead atoms. The SMILES string of the molecule is NC(=O)CC1CCC2C(C1)C(C1CCNCC1)SN2N1CCC(C2SN(N3CCC(c4snc5ccccc45)CC3)C3CCC(CO)CC23)CC1. The fourth-order valence-electron chi connectivity index (χ4n) is 11.6. The monoisotopic (exact) mass is 753 g/mol. The lowest BCUT2D eigenvalue weighted by atomic mass is 9.72. The number of benzene rings is 1. The standard InChI is InChI=1S/C39H59N7O2S3/c40-36(48)23-25-5-7-34-31(21-25)38(27-9-15-41-16-10-27)50-45(34)44-19-13-29(14-20-44)39-32-22-26(24-47)6-8-35(32)46(51-39)43-17-11-28(12-18-43)37-30-3-1-2-4-33(30)42-49-37/h1-4,25-29,31-32,34-35,38-39,41,47H,5-24H2,(H2,40,48). The molecular weight excluding hydrogens is 695 g/mol. The maximum Gasteiger partial charge on any atom is 0.217 e. The van der Waals surface area contributed by atoms with Gasteiger partial charge in [-0.15, -0.1) is 0 Å². The van der Waals surface area contributed by atoms with Crippen molar-refractivity contribution in [3.63, 3.8) is 0 Å². The van der Waals surface area contributed by atoms with Crippen LogP contribution in [0, 0.1) is 35.5 Å². The van der Waals surface area contributed by atoms with Crippen LogP contribution in [0.15, 0.2) is 24.3 Å². The van der Waals surface area contributed by atoms with Crippen LogP contribution >= 0.6 is 35.4 Å². The normalized spacial score (nSPS) is 37.2. The maximum atomic E-state index is 11.9. The first kappa shape index (κ1) is 35.7. The van der Waals surface area contributed by atoms with Crippen LogP contribution in [0.4, 0.5) is 0 Å². The highest BCUT2D eigenvalue weighted by molar-refractivity contribution is 7.98. The van der Waals surface area contributed by atoms with Crippen LogP contribution in [0.2, 0.25) is 0 Å². The van der Waals surface area contributed by atoms with Crippen LogP contribution in [-0.4, -0.2) is 103 Å². The number of piperidine rings is 3. The van der Waals surface area contributed by atoms with Crippen molar-refractivity contribution in [2.45, 2.75) is 112 Å². The number of rotatable bonds is 8. The molecule has 8 atom stereocenters. The zero-order valence-corrected chi connectivity index (χ0v) is 32.6. The molecule has 51 heavy (non-hydrogen) atoms. The Bertz CT molecular complexity index is 1490. The van der Waals surface area contributed by atoms with E-state index in [1.807, 2.05) is 0 Å². The molecule has 8 unspecified atom stereocenters. The van der Waals surface area contributed by atoms with Gasteiger partial charge in [0, 0.05) is 72.1 Å². The summed E-state index contributed by atoms with van der Waals surface area (Å²) in [5.41, 5.74) is 6.86. The molecule has 1 amide bonds. The number of hydrazine groups is 2. The van der Waals surface area contributed by atoms with E-state index in [2.05, 4.69) is 72.3 Å². The summed E-state index contributed by atoms with van der Waals surface area (Å²) in [5, 5.41) is 22.0. The summed E-state index contributed by atoms with van der Waals surface area (Å²) >= 11 is 6.12. The number of carbonyl (C=O) groups is 1. The van der Waals surface area contributed by atoms with E-state index in [1.54, 1.807) is 11.5 Å². The molecule has 2 saturated carbocycles. The second-order valence-corrected chi connectivity index (χ2v) is 20.2. The van der Waals surface area contributed by atoms with Crippen LogP contribution in [0.3, 0.4) is 0 Å². The van der Waals surface area contributed by atoms with E-state index in [4.69, 9.17) is 10.1 Å². The summed E-state index contributed by atoms with van der Waals surface area (Å²) in [5.74, 6) is 4.28. The second kappa shape index (κ2) is 15.6. The molecule has 4 N–H and O–H groups in total. The fourth-order valence-corrected chi connectivity index (χ4v) is 16.3. The number of aromatic nitrogens is 1. The van der Waals surface area contributed by atoms with E-state index in [1.165, 1.54) is 74.5 Å². The molecule has 6 heterocycles. The zero-order chi connectivity index (χ0) is 34.5. The number of hydrogen-bond acceptors (Lipinski definition) is 11. The van der Waals surface area contributed by atoms with Crippen LogP contribution < -0.4 is 11.1 Å². The number of primary amides is 1. The van der Waals surface area contributed by atoms with Gasteiger partial charge in [0.1, 0.15) is 0 Å². The van der Waals surface area contributed by atoms with Crippen molar-refractivity contribution < 1.29 is 9.90 Å². The van der Waals surface area contributed by atoms with Crippen molar-refractivity contribution in [3.8, 4) is 0 Å². The van der Waals surface area contributed by atoms with Crippen LogP contribution in [0.5, 0.6) is 0 Å². The van der Waals surface area contributed by atoms with E-state index in [0.717, 1.165) is 69.5 Å². The van der Waals surface area contributed by atoms with Crippen LogP contribution in [0.1, 0.15) is 94.3 Å². The van der Waals surface area contributed by atoms with E-state index in [9.17, 15) is 9.90 Å². The summed E-state index contributed by atoms with van der Waals surface area (Å²) < 4.78 is 10.3. The number of aliphatic hydroxyl groups is 1. The first-order valence-corrected chi connectivity index (χ1v) is 22.8. The number of nitrogens with zero attached hydrogens (tertiary/aromatic N) is 5. The first-order valence-electron chi connectivity index (χ1n) is 20.4. The number of carbonyl (C=O) groups excluding carboxylic acids is 1. The molecule has 0 spiro atoms. The fraction of sp³-hybridized carbons (Fsp3) is 0.795. The minimum atomic E-state index is -0.121. The van der Waals surface area contributed by atoms with Crippen molar-refractivity contribution in [3.05, 3.63) is 29.1 Å². The van der Waals surface area contributed by atoms with Crippen LogP contribution in [-0.2, 0) is 4.79 Å². The van der Waals surface area contributed by atoms with Gasteiger partial charge in [0.25, 0.3) is 0 Å². The van der Waals surface area contributed by atoms with Crippen molar-refractivity contribution in [2.24, 2.45) is 41.2 Å². The highest BCUT2D eigenvalue weighted by Gasteiger charge is 2.53. The molecule has 12 heteroatoms. The first-order chi connectivity index (χ1) is 25.0. The lowest BCUT2D eigenvalue weighted by Gasteiger charge is -2.44. The van der Waals surface area contributed by atoms with Crippen molar-refractivity contribution in [1.82, 2.24) is 28.5 Å². The minimum absolute atomic E-state index is 0.121. The summed E-state index contributed by atoms with van der Waals surface area (Å²) in [4.78, 5) is 13.4. The predicted octanol–water partition coefficient (Wildman–Crippen LogP) is 6.12. The molecule has 1 aromatic heterocycles.